The molecule has 4 aliphatic rings. The second-order valence-corrected chi connectivity index (χ2v) is 10.1. The molecule has 3 saturated carbocycles. The van der Waals surface area contributed by atoms with Gasteiger partial charge in [0.1, 0.15) is 12.2 Å². The predicted octanol–water partition coefficient (Wildman–Crippen LogP) is 2.03. The summed E-state index contributed by atoms with van der Waals surface area (Å²) in [6.07, 6.45) is 4.84. The van der Waals surface area contributed by atoms with Gasteiger partial charge in [0.25, 0.3) is 0 Å². The molecule has 3 N–H and O–H groups in total. The highest BCUT2D eigenvalue weighted by atomic mass is 16.3. The van der Waals surface area contributed by atoms with Gasteiger partial charge in [0, 0.05) is 11.8 Å². The molecule has 0 radical (unpaired) electrons. The lowest BCUT2D eigenvalue weighted by molar-refractivity contribution is -0.184. The van der Waals surface area contributed by atoms with Gasteiger partial charge in [0.15, 0.2) is 11.6 Å². The van der Waals surface area contributed by atoms with E-state index in [2.05, 4.69) is 13.8 Å². The van der Waals surface area contributed by atoms with Gasteiger partial charge in [0.2, 0.25) is 0 Å². The molecule has 0 heterocycles. The number of carbonyl (C=O) groups is 2. The number of hydrogen-bond donors (Lipinski definition) is 3. The molecule has 3 fully saturated rings. The molecule has 0 aromatic carbocycles. The Kier molecular flexibility index (Phi) is 4.27. The minimum Gasteiger partial charge on any atom is -0.393 e. The topological polar surface area (TPSA) is 94.8 Å². The molecule has 4 rings (SSSR count). The Morgan fingerprint density at radius 3 is 2.67 bits per heavy atom. The Balaban J connectivity index is 1.77. The average molecular weight is 376 g/mol. The van der Waals surface area contributed by atoms with Crippen LogP contribution in [0.4, 0.5) is 0 Å². The molecule has 0 spiro atoms. The van der Waals surface area contributed by atoms with Crippen LogP contribution in [-0.2, 0) is 9.59 Å². The van der Waals surface area contributed by atoms with E-state index >= 15 is 0 Å². The number of rotatable bonds is 2. The second-order valence-electron chi connectivity index (χ2n) is 10.1. The maximum atomic E-state index is 12.4. The summed E-state index contributed by atoms with van der Waals surface area (Å²) in [7, 11) is 0. The van der Waals surface area contributed by atoms with Gasteiger partial charge in [-0.3, -0.25) is 9.59 Å². The first-order valence-electron chi connectivity index (χ1n) is 10.4. The summed E-state index contributed by atoms with van der Waals surface area (Å²) in [6.45, 7) is 5.63. The van der Waals surface area contributed by atoms with Crippen molar-refractivity contribution in [2.24, 2.45) is 34.5 Å². The summed E-state index contributed by atoms with van der Waals surface area (Å²) < 4.78 is 0. The van der Waals surface area contributed by atoms with Crippen LogP contribution in [0.1, 0.15) is 59.3 Å². The van der Waals surface area contributed by atoms with Crippen LogP contribution in [0, 0.1) is 34.5 Å². The Labute approximate surface area is 160 Å². The molecule has 0 aliphatic heterocycles. The third-order valence-corrected chi connectivity index (χ3v) is 8.97. The molecule has 27 heavy (non-hydrogen) atoms. The molecule has 5 heteroatoms. The second kappa shape index (κ2) is 5.98. The van der Waals surface area contributed by atoms with Crippen molar-refractivity contribution in [1.82, 2.24) is 0 Å². The zero-order valence-electron chi connectivity index (χ0n) is 16.6. The highest BCUT2D eigenvalue weighted by Crippen LogP contribution is 2.68. The molecule has 8 atom stereocenters. The first-order chi connectivity index (χ1) is 12.6. The Morgan fingerprint density at radius 2 is 2.00 bits per heavy atom. The fraction of sp³-hybridized carbons (Fsp3) is 0.818. The lowest BCUT2D eigenvalue weighted by Gasteiger charge is -2.61. The lowest BCUT2D eigenvalue weighted by atomic mass is 9.44. The monoisotopic (exact) mass is 376 g/mol. The minimum absolute atomic E-state index is 0.0534. The third kappa shape index (κ3) is 2.34. The Bertz CT molecular complexity index is 713. The van der Waals surface area contributed by atoms with E-state index < -0.39 is 29.5 Å². The molecule has 0 bridgehead atoms. The number of ketones is 2. The van der Waals surface area contributed by atoms with Gasteiger partial charge >= 0.3 is 0 Å². The predicted molar refractivity (Wildman–Crippen MR) is 99.7 cm³/mol. The summed E-state index contributed by atoms with van der Waals surface area (Å²) in [5.41, 5.74) is -1.28. The van der Waals surface area contributed by atoms with Crippen molar-refractivity contribution in [1.29, 1.82) is 0 Å². The van der Waals surface area contributed by atoms with E-state index in [0.717, 1.165) is 19.3 Å². The number of hydrogen-bond acceptors (Lipinski definition) is 5. The van der Waals surface area contributed by atoms with Crippen LogP contribution in [0.15, 0.2) is 11.6 Å². The normalized spacial score (nSPS) is 51.9. The number of allylic oxidation sites excluding steroid dienone is 1. The van der Waals surface area contributed by atoms with Crippen molar-refractivity contribution >= 4 is 11.6 Å². The first-order valence-corrected chi connectivity index (χ1v) is 10.4. The van der Waals surface area contributed by atoms with E-state index in [4.69, 9.17) is 0 Å². The molecule has 0 aromatic heterocycles. The fourth-order valence-electron chi connectivity index (χ4n) is 7.71. The van der Waals surface area contributed by atoms with Gasteiger partial charge in [-0.25, -0.2) is 0 Å². The van der Waals surface area contributed by atoms with Crippen LogP contribution < -0.4 is 0 Å². The summed E-state index contributed by atoms with van der Waals surface area (Å²) >= 11 is 0. The van der Waals surface area contributed by atoms with Crippen molar-refractivity contribution in [3.63, 3.8) is 0 Å². The molecule has 0 saturated heterocycles. The quantitative estimate of drug-likeness (QED) is 0.685. The first kappa shape index (κ1) is 19.3. The van der Waals surface area contributed by atoms with Gasteiger partial charge < -0.3 is 15.3 Å². The van der Waals surface area contributed by atoms with Crippen molar-refractivity contribution in [2.45, 2.75) is 71.0 Å². The van der Waals surface area contributed by atoms with E-state index in [0.29, 0.717) is 19.3 Å². The van der Waals surface area contributed by atoms with Crippen LogP contribution in [0.2, 0.25) is 0 Å². The van der Waals surface area contributed by atoms with Crippen molar-refractivity contribution in [3.05, 3.63) is 11.6 Å². The van der Waals surface area contributed by atoms with Crippen molar-refractivity contribution in [2.75, 3.05) is 6.61 Å². The third-order valence-electron chi connectivity index (χ3n) is 8.97. The highest BCUT2D eigenvalue weighted by molar-refractivity contribution is 5.92. The van der Waals surface area contributed by atoms with Gasteiger partial charge in [-0.2, -0.15) is 0 Å². The van der Waals surface area contributed by atoms with Crippen LogP contribution in [0.5, 0.6) is 0 Å². The minimum atomic E-state index is -1.55. The summed E-state index contributed by atoms with van der Waals surface area (Å²) in [4.78, 5) is 24.5. The highest BCUT2D eigenvalue weighted by Gasteiger charge is 2.68. The number of Topliss-reactive ketones (excluding diaryl/α,β-unsaturated/α-hetero) is 1. The molecule has 4 aliphatic carbocycles. The van der Waals surface area contributed by atoms with E-state index in [-0.39, 0.29) is 34.9 Å². The molecular formula is C22H32O5. The van der Waals surface area contributed by atoms with E-state index in [9.17, 15) is 24.9 Å². The van der Waals surface area contributed by atoms with Crippen LogP contribution >= 0.6 is 0 Å². The number of fused-ring (bicyclic) bond motifs is 5. The number of aliphatic hydroxyl groups excluding tert-OH is 2. The number of carbonyl (C=O) groups excluding carboxylic acids is 2. The molecular weight excluding hydrogens is 344 g/mol. The van der Waals surface area contributed by atoms with E-state index in [1.165, 1.54) is 5.57 Å². The largest absolute Gasteiger partial charge is 0.393 e. The zero-order chi connectivity index (χ0) is 19.8. The fourth-order valence-corrected chi connectivity index (χ4v) is 7.71. The average Bonchev–Trinajstić information content (AvgIpc) is 2.87. The SMILES string of the molecule is C[C@H]1C[C@@H]2C([C@@H](O)C[C@@]3(C)[C@H]2CC[C@]3(O)C(=O)CO)[C@@]2(C)CCC(=O)C=C12. The molecule has 150 valence electrons. The molecule has 0 amide bonds. The van der Waals surface area contributed by atoms with Gasteiger partial charge in [-0.15, -0.1) is 0 Å². The smallest absolute Gasteiger partial charge is 0.190 e. The molecule has 1 unspecified atom stereocenters. The van der Waals surface area contributed by atoms with Crippen molar-refractivity contribution < 1.29 is 24.9 Å². The van der Waals surface area contributed by atoms with Crippen LogP contribution in [0.3, 0.4) is 0 Å². The number of aliphatic hydroxyl groups is 3. The van der Waals surface area contributed by atoms with Gasteiger partial charge in [0.05, 0.1) is 6.10 Å². The van der Waals surface area contributed by atoms with Crippen LogP contribution in [0.25, 0.3) is 0 Å². The zero-order valence-corrected chi connectivity index (χ0v) is 16.6. The summed E-state index contributed by atoms with van der Waals surface area (Å²) in [5.74, 6) is 0.341. The van der Waals surface area contributed by atoms with Crippen LogP contribution in [-0.4, -0.2) is 45.2 Å². The standard InChI is InChI=1S/C22H32O5/c1-12-8-14-15-5-7-22(27,18(26)11-23)21(15,3)10-17(25)19(14)20(2)6-4-13(24)9-16(12)20/h9,12,14-15,17,19,23,25,27H,4-8,10-11H2,1-3H3/t12-,14-,15-,17-,19?,20-,21-,22-/m0/s1. The Hall–Kier alpha value is -1.04. The maximum Gasteiger partial charge on any atom is 0.190 e. The molecule has 5 nitrogen and oxygen atoms in total. The van der Waals surface area contributed by atoms with E-state index in [1.54, 1.807) is 0 Å². The maximum absolute atomic E-state index is 12.4. The summed E-state index contributed by atoms with van der Waals surface area (Å²) in [5, 5.41) is 31.9. The van der Waals surface area contributed by atoms with Gasteiger partial charge in [-0.1, -0.05) is 26.3 Å². The lowest BCUT2D eigenvalue weighted by Crippen LogP contribution is -2.62. The van der Waals surface area contributed by atoms with Crippen molar-refractivity contribution in [3.8, 4) is 0 Å². The summed E-state index contributed by atoms with van der Waals surface area (Å²) in [6, 6.07) is 0. The van der Waals surface area contributed by atoms with E-state index in [1.807, 2.05) is 13.0 Å². The van der Waals surface area contributed by atoms with Gasteiger partial charge in [-0.05, 0) is 67.3 Å². The Morgan fingerprint density at radius 1 is 1.30 bits per heavy atom. The molecule has 0 aromatic rings.